The van der Waals surface area contributed by atoms with Gasteiger partial charge in [0.15, 0.2) is 0 Å². The molecule has 0 N–H and O–H groups in total. The third-order valence-corrected chi connectivity index (χ3v) is 7.23. The molecule has 39 heavy (non-hydrogen) atoms. The molecule has 0 saturated carbocycles. The third-order valence-electron chi connectivity index (χ3n) is 7.23. The zero-order valence-electron chi connectivity index (χ0n) is 22.5. The predicted molar refractivity (Wildman–Crippen MR) is 157 cm³/mol. The molecule has 1 atom stereocenters. The van der Waals surface area contributed by atoms with Crippen LogP contribution in [0, 0.1) is 0 Å². The van der Waals surface area contributed by atoms with E-state index in [0.717, 1.165) is 17.7 Å². The monoisotopic (exact) mass is 515 g/mol. The van der Waals surface area contributed by atoms with E-state index in [9.17, 15) is 9.59 Å². The molecule has 196 valence electrons. The van der Waals surface area contributed by atoms with Gasteiger partial charge in [-0.1, -0.05) is 86.6 Å². The highest BCUT2D eigenvalue weighted by Gasteiger charge is 2.29. The van der Waals surface area contributed by atoms with Gasteiger partial charge < -0.3 is 4.90 Å². The maximum Gasteiger partial charge on any atom is 0.266 e. The second kappa shape index (κ2) is 11.9. The first-order chi connectivity index (χ1) is 19.1. The van der Waals surface area contributed by atoms with Gasteiger partial charge in [0.1, 0.15) is 5.82 Å². The van der Waals surface area contributed by atoms with Crippen LogP contribution < -0.4 is 5.56 Å². The van der Waals surface area contributed by atoms with Crippen molar-refractivity contribution >= 4 is 16.8 Å². The van der Waals surface area contributed by atoms with Gasteiger partial charge in [-0.25, -0.2) is 4.98 Å². The minimum absolute atomic E-state index is 0.0753. The minimum Gasteiger partial charge on any atom is -0.328 e. The molecule has 5 heteroatoms. The van der Waals surface area contributed by atoms with Crippen molar-refractivity contribution in [2.75, 3.05) is 6.54 Å². The number of fused-ring (bicyclic) bond motifs is 1. The number of carbonyl (C=O) groups excluding carboxylic acids is 1. The third kappa shape index (κ3) is 5.53. The molecule has 0 spiro atoms. The van der Waals surface area contributed by atoms with Crippen molar-refractivity contribution in [2.24, 2.45) is 0 Å². The number of benzene rings is 4. The molecule has 0 aliphatic heterocycles. The highest BCUT2D eigenvalue weighted by Crippen LogP contribution is 2.28. The molecule has 0 saturated heterocycles. The number of para-hydroxylation sites is 1. The van der Waals surface area contributed by atoms with Gasteiger partial charge in [0.05, 0.1) is 22.6 Å². The summed E-state index contributed by atoms with van der Waals surface area (Å²) in [6.07, 6.45) is 2.21. The fraction of sp³-hybridized carbons (Fsp3) is 0.206. The Morgan fingerprint density at radius 1 is 0.795 bits per heavy atom. The summed E-state index contributed by atoms with van der Waals surface area (Å²) in [4.78, 5) is 34.9. The molecular weight excluding hydrogens is 482 g/mol. The maximum absolute atomic E-state index is 14.0. The van der Waals surface area contributed by atoms with Crippen LogP contribution in [0.5, 0.6) is 0 Å². The van der Waals surface area contributed by atoms with Crippen molar-refractivity contribution in [3.05, 3.63) is 142 Å². The van der Waals surface area contributed by atoms with Gasteiger partial charge in [0, 0.05) is 12.1 Å². The Morgan fingerprint density at radius 3 is 2.10 bits per heavy atom. The second-order valence-electron chi connectivity index (χ2n) is 9.67. The first kappa shape index (κ1) is 26.1. The molecule has 0 aliphatic carbocycles. The zero-order valence-corrected chi connectivity index (χ0v) is 22.5. The van der Waals surface area contributed by atoms with E-state index in [1.807, 2.05) is 109 Å². The number of rotatable bonds is 9. The Hall–Kier alpha value is -4.51. The molecule has 5 rings (SSSR count). The van der Waals surface area contributed by atoms with Crippen molar-refractivity contribution in [1.82, 2.24) is 14.5 Å². The summed E-state index contributed by atoms with van der Waals surface area (Å²) in [5, 5.41) is 0.556. The van der Waals surface area contributed by atoms with Crippen LogP contribution in [0.3, 0.4) is 0 Å². The van der Waals surface area contributed by atoms with E-state index >= 15 is 0 Å². The number of aryl methyl sites for hydroxylation is 1. The highest BCUT2D eigenvalue weighted by atomic mass is 16.2. The van der Waals surface area contributed by atoms with Crippen molar-refractivity contribution in [2.45, 2.75) is 39.2 Å². The zero-order chi connectivity index (χ0) is 27.2. The first-order valence-corrected chi connectivity index (χ1v) is 13.6. The number of amides is 1. The molecule has 5 nitrogen and oxygen atoms in total. The van der Waals surface area contributed by atoms with Crippen molar-refractivity contribution in [1.29, 1.82) is 0 Å². The Balaban J connectivity index is 1.67. The Bertz CT molecular complexity index is 1610. The van der Waals surface area contributed by atoms with Crippen LogP contribution in [0.15, 0.2) is 114 Å². The van der Waals surface area contributed by atoms with Gasteiger partial charge in [-0.3, -0.25) is 14.2 Å². The van der Waals surface area contributed by atoms with E-state index in [0.29, 0.717) is 41.7 Å². The molecule has 4 aromatic carbocycles. The molecule has 1 heterocycles. The van der Waals surface area contributed by atoms with Gasteiger partial charge in [0.2, 0.25) is 0 Å². The summed E-state index contributed by atoms with van der Waals surface area (Å²) in [5.41, 5.74) is 4.21. The normalized spacial score (nSPS) is 11.8. The summed E-state index contributed by atoms with van der Waals surface area (Å²) >= 11 is 0. The van der Waals surface area contributed by atoms with Gasteiger partial charge in [-0.15, -0.1) is 0 Å². The lowest BCUT2D eigenvalue weighted by molar-refractivity contribution is 0.0662. The summed E-state index contributed by atoms with van der Waals surface area (Å²) in [7, 11) is 0. The van der Waals surface area contributed by atoms with Crippen molar-refractivity contribution in [3.8, 4) is 5.69 Å². The standard InChI is InChI=1S/C34H33N3O2/c1-3-25-19-21-28(22-20-25)37-32(35-30-18-12-11-17-29(30)34(37)39)31(4-2)36(24-23-26-13-7-5-8-14-26)33(38)27-15-9-6-10-16-27/h5-22,31H,3-4,23-24H2,1-2H3. The number of carbonyl (C=O) groups is 1. The van der Waals surface area contributed by atoms with E-state index < -0.39 is 6.04 Å². The number of hydrogen-bond acceptors (Lipinski definition) is 3. The Kier molecular flexibility index (Phi) is 7.97. The summed E-state index contributed by atoms with van der Waals surface area (Å²) in [6, 6.07) is 34.6. The predicted octanol–water partition coefficient (Wildman–Crippen LogP) is 6.78. The summed E-state index contributed by atoms with van der Waals surface area (Å²) < 4.78 is 1.70. The van der Waals surface area contributed by atoms with Crippen LogP contribution in [0.2, 0.25) is 0 Å². The van der Waals surface area contributed by atoms with Crippen molar-refractivity contribution < 1.29 is 4.79 Å². The lowest BCUT2D eigenvalue weighted by Crippen LogP contribution is -2.39. The number of nitrogens with zero attached hydrogens (tertiary/aromatic N) is 3. The van der Waals surface area contributed by atoms with Crippen molar-refractivity contribution in [3.63, 3.8) is 0 Å². The second-order valence-corrected chi connectivity index (χ2v) is 9.67. The van der Waals surface area contributed by atoms with Gasteiger partial charge >= 0.3 is 0 Å². The van der Waals surface area contributed by atoms with E-state index in [4.69, 9.17) is 4.98 Å². The highest BCUT2D eigenvalue weighted by molar-refractivity contribution is 5.94. The lowest BCUT2D eigenvalue weighted by Gasteiger charge is -2.32. The van der Waals surface area contributed by atoms with E-state index in [-0.39, 0.29) is 11.5 Å². The molecule has 0 radical (unpaired) electrons. The number of aromatic nitrogens is 2. The fourth-order valence-corrected chi connectivity index (χ4v) is 5.09. The maximum atomic E-state index is 14.0. The van der Waals surface area contributed by atoms with Gasteiger partial charge in [-0.05, 0) is 66.8 Å². The molecule has 1 unspecified atom stereocenters. The van der Waals surface area contributed by atoms with Crippen LogP contribution in [0.25, 0.3) is 16.6 Å². The van der Waals surface area contributed by atoms with Crippen LogP contribution in [0.4, 0.5) is 0 Å². The van der Waals surface area contributed by atoms with Gasteiger partial charge in [0.25, 0.3) is 11.5 Å². The average Bonchev–Trinajstić information content (AvgIpc) is 3.00. The molecule has 5 aromatic rings. The minimum atomic E-state index is -0.412. The average molecular weight is 516 g/mol. The summed E-state index contributed by atoms with van der Waals surface area (Å²) in [6.45, 7) is 4.65. The SMILES string of the molecule is CCc1ccc(-n2c(C(CC)N(CCc3ccccc3)C(=O)c3ccccc3)nc3ccccc3c2=O)cc1. The Morgan fingerprint density at radius 2 is 1.44 bits per heavy atom. The smallest absolute Gasteiger partial charge is 0.266 e. The van der Waals surface area contributed by atoms with Crippen LogP contribution >= 0.6 is 0 Å². The number of hydrogen-bond donors (Lipinski definition) is 0. The van der Waals surface area contributed by atoms with E-state index in [1.165, 1.54) is 5.56 Å². The molecular formula is C34H33N3O2. The van der Waals surface area contributed by atoms with Gasteiger partial charge in [-0.2, -0.15) is 0 Å². The quantitative estimate of drug-likeness (QED) is 0.217. The molecule has 0 bridgehead atoms. The Labute approximate surface area is 229 Å². The van der Waals surface area contributed by atoms with Crippen LogP contribution in [0.1, 0.15) is 53.6 Å². The molecule has 0 fully saturated rings. The fourth-order valence-electron chi connectivity index (χ4n) is 5.09. The molecule has 0 aliphatic rings. The van der Waals surface area contributed by atoms with E-state index in [2.05, 4.69) is 19.1 Å². The van der Waals surface area contributed by atoms with E-state index in [1.54, 1.807) is 4.57 Å². The lowest BCUT2D eigenvalue weighted by atomic mass is 10.1. The summed E-state index contributed by atoms with van der Waals surface area (Å²) in [5.74, 6) is 0.497. The van der Waals surface area contributed by atoms with Crippen LogP contribution in [-0.2, 0) is 12.8 Å². The first-order valence-electron chi connectivity index (χ1n) is 13.6. The molecule has 1 aromatic heterocycles. The topological polar surface area (TPSA) is 55.2 Å². The van der Waals surface area contributed by atoms with Crippen LogP contribution in [-0.4, -0.2) is 26.9 Å². The largest absolute Gasteiger partial charge is 0.328 e. The molecule has 1 amide bonds.